The van der Waals surface area contributed by atoms with E-state index in [1.165, 1.54) is 22.8 Å². The van der Waals surface area contributed by atoms with Crippen LogP contribution in [0.2, 0.25) is 5.02 Å². The molecule has 0 spiro atoms. The molecule has 6 nitrogen and oxygen atoms in total. The van der Waals surface area contributed by atoms with Crippen molar-refractivity contribution in [3.05, 3.63) is 75.9 Å². The van der Waals surface area contributed by atoms with Gasteiger partial charge in [-0.1, -0.05) is 29.8 Å². The van der Waals surface area contributed by atoms with Crippen LogP contribution in [-0.4, -0.2) is 45.8 Å². The fourth-order valence-electron chi connectivity index (χ4n) is 4.48. The van der Waals surface area contributed by atoms with Gasteiger partial charge in [-0.3, -0.25) is 14.9 Å². The van der Waals surface area contributed by atoms with Crippen molar-refractivity contribution in [1.29, 1.82) is 0 Å². The fraction of sp³-hybridized carbons (Fsp3) is 0.292. The predicted octanol–water partition coefficient (Wildman–Crippen LogP) is 3.86. The van der Waals surface area contributed by atoms with E-state index in [1.54, 1.807) is 11.6 Å². The predicted molar refractivity (Wildman–Crippen MR) is 122 cm³/mol. The number of rotatable bonds is 8. The molecule has 2 aromatic carbocycles. The lowest BCUT2D eigenvalue weighted by Gasteiger charge is -2.29. The standard InChI is InChI=1S/C24H26ClN3O3/c25-19-4-6-22-21(14-19)18(15-26-22)9-10-28(11-12-29)23-7-3-17-13-16(1-5-20(17)23)2-8-24(30)27-31/h1-2,4-6,8,13-15,23,26,29,31H,3,7,9-12H2,(H,27,30)/t23-/m0/s1. The van der Waals surface area contributed by atoms with Crippen molar-refractivity contribution in [2.24, 2.45) is 0 Å². The Balaban J connectivity index is 1.50. The van der Waals surface area contributed by atoms with Gasteiger partial charge in [0, 0.05) is 47.3 Å². The molecule has 0 unspecified atom stereocenters. The Morgan fingerprint density at radius 3 is 2.94 bits per heavy atom. The lowest BCUT2D eigenvalue weighted by atomic mass is 10.0. The number of nitrogens with one attached hydrogen (secondary N) is 2. The van der Waals surface area contributed by atoms with Crippen molar-refractivity contribution >= 4 is 34.5 Å². The van der Waals surface area contributed by atoms with E-state index >= 15 is 0 Å². The Hall–Kier alpha value is -2.64. The van der Waals surface area contributed by atoms with Crippen molar-refractivity contribution in [2.45, 2.75) is 25.3 Å². The first-order valence-electron chi connectivity index (χ1n) is 10.4. The quantitative estimate of drug-likeness (QED) is 0.244. The molecule has 0 fully saturated rings. The Bertz CT molecular complexity index is 1110. The summed E-state index contributed by atoms with van der Waals surface area (Å²) in [5.74, 6) is -0.550. The van der Waals surface area contributed by atoms with Gasteiger partial charge in [-0.05, 0) is 65.8 Å². The van der Waals surface area contributed by atoms with Gasteiger partial charge in [0.25, 0.3) is 5.91 Å². The molecule has 31 heavy (non-hydrogen) atoms. The normalized spacial score (nSPS) is 15.8. The van der Waals surface area contributed by atoms with E-state index in [2.05, 4.69) is 22.0 Å². The van der Waals surface area contributed by atoms with Crippen LogP contribution in [0.15, 0.2) is 48.7 Å². The summed E-state index contributed by atoms with van der Waals surface area (Å²) in [6.45, 7) is 1.57. The summed E-state index contributed by atoms with van der Waals surface area (Å²) in [5.41, 5.74) is 7.36. The minimum Gasteiger partial charge on any atom is -0.395 e. The number of amides is 1. The van der Waals surface area contributed by atoms with Crippen LogP contribution in [0.1, 0.15) is 34.7 Å². The second-order valence-corrected chi connectivity index (χ2v) is 8.27. The topological polar surface area (TPSA) is 88.6 Å². The highest BCUT2D eigenvalue weighted by Gasteiger charge is 2.27. The summed E-state index contributed by atoms with van der Waals surface area (Å²) < 4.78 is 0. The highest BCUT2D eigenvalue weighted by Crippen LogP contribution is 2.36. The molecule has 3 aromatic rings. The summed E-state index contributed by atoms with van der Waals surface area (Å²) in [5, 5.41) is 20.2. The van der Waals surface area contributed by atoms with Gasteiger partial charge in [0.2, 0.25) is 0 Å². The van der Waals surface area contributed by atoms with Gasteiger partial charge in [0.05, 0.1) is 6.61 Å². The molecule has 1 heterocycles. The van der Waals surface area contributed by atoms with Crippen LogP contribution < -0.4 is 5.48 Å². The zero-order chi connectivity index (χ0) is 21.8. The number of carbonyl (C=O) groups excluding carboxylic acids is 1. The molecule has 1 aromatic heterocycles. The molecule has 0 saturated carbocycles. The van der Waals surface area contributed by atoms with Crippen LogP contribution in [0.4, 0.5) is 0 Å². The molecular formula is C24H26ClN3O3. The number of nitrogens with zero attached hydrogens (tertiary/aromatic N) is 1. The Morgan fingerprint density at radius 2 is 2.13 bits per heavy atom. The summed E-state index contributed by atoms with van der Waals surface area (Å²) in [7, 11) is 0. The molecule has 1 atom stereocenters. The van der Waals surface area contributed by atoms with Gasteiger partial charge in [-0.2, -0.15) is 0 Å². The summed E-state index contributed by atoms with van der Waals surface area (Å²) >= 11 is 6.18. The number of H-pyrrole nitrogens is 1. The second kappa shape index (κ2) is 9.66. The highest BCUT2D eigenvalue weighted by molar-refractivity contribution is 6.31. The number of carbonyl (C=O) groups is 1. The number of hydrogen-bond acceptors (Lipinski definition) is 4. The molecule has 1 aliphatic rings. The molecular weight excluding hydrogens is 414 g/mol. The maximum Gasteiger partial charge on any atom is 0.267 e. The van der Waals surface area contributed by atoms with Crippen molar-refractivity contribution < 1.29 is 15.1 Å². The molecule has 1 amide bonds. The molecule has 162 valence electrons. The molecule has 0 saturated heterocycles. The van der Waals surface area contributed by atoms with Gasteiger partial charge in [-0.15, -0.1) is 0 Å². The lowest BCUT2D eigenvalue weighted by Crippen LogP contribution is -2.32. The molecule has 1 aliphatic carbocycles. The van der Waals surface area contributed by atoms with Crippen LogP contribution in [-0.2, 0) is 17.6 Å². The third-order valence-corrected chi connectivity index (χ3v) is 6.21. The minimum atomic E-state index is -0.550. The minimum absolute atomic E-state index is 0.114. The third-order valence-electron chi connectivity index (χ3n) is 5.98. The van der Waals surface area contributed by atoms with Gasteiger partial charge in [-0.25, -0.2) is 5.48 Å². The number of hydrogen-bond donors (Lipinski definition) is 4. The number of aromatic nitrogens is 1. The highest BCUT2D eigenvalue weighted by atomic mass is 35.5. The van der Waals surface area contributed by atoms with Crippen LogP contribution in [0, 0.1) is 0 Å². The van der Waals surface area contributed by atoms with E-state index in [0.29, 0.717) is 6.54 Å². The number of aliphatic hydroxyl groups is 1. The summed E-state index contributed by atoms with van der Waals surface area (Å²) in [6.07, 6.45) is 7.86. The van der Waals surface area contributed by atoms with E-state index in [4.69, 9.17) is 16.8 Å². The number of hydroxylamine groups is 1. The summed E-state index contributed by atoms with van der Waals surface area (Å²) in [4.78, 5) is 16.9. The van der Waals surface area contributed by atoms with E-state index in [9.17, 15) is 9.90 Å². The Labute approximate surface area is 186 Å². The van der Waals surface area contributed by atoms with Gasteiger partial charge >= 0.3 is 0 Å². The largest absolute Gasteiger partial charge is 0.395 e. The Kier molecular flexibility index (Phi) is 6.73. The fourth-order valence-corrected chi connectivity index (χ4v) is 4.65. The third kappa shape index (κ3) is 4.83. The van der Waals surface area contributed by atoms with Crippen molar-refractivity contribution in [3.8, 4) is 0 Å². The van der Waals surface area contributed by atoms with Gasteiger partial charge in [0.1, 0.15) is 0 Å². The number of fused-ring (bicyclic) bond motifs is 2. The first-order chi connectivity index (χ1) is 15.1. The monoisotopic (exact) mass is 439 g/mol. The number of aryl methyl sites for hydroxylation is 1. The zero-order valence-corrected chi connectivity index (χ0v) is 17.9. The van der Waals surface area contributed by atoms with Crippen LogP contribution in [0.25, 0.3) is 17.0 Å². The lowest BCUT2D eigenvalue weighted by molar-refractivity contribution is -0.124. The SMILES string of the molecule is O=C(C=Cc1ccc2c(c1)CC[C@@H]2N(CCO)CCc1c[nH]c2ccc(Cl)cc12)NO. The van der Waals surface area contributed by atoms with Crippen LogP contribution >= 0.6 is 11.6 Å². The maximum absolute atomic E-state index is 11.2. The van der Waals surface area contributed by atoms with E-state index in [1.807, 2.05) is 30.5 Å². The second-order valence-electron chi connectivity index (χ2n) is 7.84. The molecule has 0 aliphatic heterocycles. The molecule has 0 radical (unpaired) electrons. The molecule has 4 N–H and O–H groups in total. The van der Waals surface area contributed by atoms with E-state index in [-0.39, 0.29) is 12.6 Å². The summed E-state index contributed by atoms with van der Waals surface area (Å²) in [6, 6.07) is 12.3. The molecule has 7 heteroatoms. The molecule has 4 rings (SSSR count). The number of aromatic amines is 1. The molecule has 0 bridgehead atoms. The van der Waals surface area contributed by atoms with Crippen LogP contribution in [0.3, 0.4) is 0 Å². The van der Waals surface area contributed by atoms with Gasteiger partial charge in [0.15, 0.2) is 0 Å². The average Bonchev–Trinajstić information content (AvgIpc) is 3.38. The zero-order valence-electron chi connectivity index (χ0n) is 17.1. The van der Waals surface area contributed by atoms with Crippen molar-refractivity contribution in [1.82, 2.24) is 15.4 Å². The van der Waals surface area contributed by atoms with Crippen molar-refractivity contribution in [3.63, 3.8) is 0 Å². The van der Waals surface area contributed by atoms with Crippen molar-refractivity contribution in [2.75, 3.05) is 19.7 Å². The maximum atomic E-state index is 11.2. The van der Waals surface area contributed by atoms with E-state index < -0.39 is 5.91 Å². The number of benzene rings is 2. The Morgan fingerprint density at radius 1 is 1.26 bits per heavy atom. The average molecular weight is 440 g/mol. The van der Waals surface area contributed by atoms with Crippen LogP contribution in [0.5, 0.6) is 0 Å². The van der Waals surface area contributed by atoms with Gasteiger partial charge < -0.3 is 10.1 Å². The van der Waals surface area contributed by atoms with E-state index in [0.717, 1.165) is 47.3 Å². The first kappa shape index (κ1) is 21.6. The first-order valence-corrected chi connectivity index (χ1v) is 10.8. The number of halogens is 1. The smallest absolute Gasteiger partial charge is 0.267 e. The number of aliphatic hydroxyl groups excluding tert-OH is 1.